The monoisotopic (exact) mass is 274 g/mol. The van der Waals surface area contributed by atoms with E-state index < -0.39 is 0 Å². The Hall–Kier alpha value is -0.400. The number of nitrogens with zero attached hydrogens (tertiary/aromatic N) is 2. The summed E-state index contributed by atoms with van der Waals surface area (Å²) in [4.78, 5) is 3.98. The highest BCUT2D eigenvalue weighted by molar-refractivity contribution is 9.13. The molecule has 0 fully saturated rings. The summed E-state index contributed by atoms with van der Waals surface area (Å²) in [7, 11) is 0. The van der Waals surface area contributed by atoms with Crippen LogP contribution < -0.4 is 0 Å². The second-order valence-corrected chi connectivity index (χ2v) is 3.45. The van der Waals surface area contributed by atoms with Gasteiger partial charge in [-0.1, -0.05) is 0 Å². The van der Waals surface area contributed by atoms with Crippen LogP contribution in [-0.4, -0.2) is 4.98 Å². The third-order valence-electron chi connectivity index (χ3n) is 1.20. The predicted octanol–water partition coefficient (Wildman–Crippen LogP) is 2.67. The first-order chi connectivity index (χ1) is 5.25. The lowest BCUT2D eigenvalue weighted by atomic mass is 10.2. The highest BCUT2D eigenvalue weighted by Crippen LogP contribution is 2.24. The van der Waals surface area contributed by atoms with Crippen LogP contribution in [0.5, 0.6) is 0 Å². The third kappa shape index (κ3) is 2.01. The molecule has 0 saturated heterocycles. The summed E-state index contributed by atoms with van der Waals surface area (Å²) in [5.74, 6) is 0. The van der Waals surface area contributed by atoms with Crippen molar-refractivity contribution >= 4 is 31.9 Å². The van der Waals surface area contributed by atoms with Crippen LogP contribution in [0.2, 0.25) is 0 Å². The zero-order valence-corrected chi connectivity index (χ0v) is 8.68. The van der Waals surface area contributed by atoms with Crippen molar-refractivity contribution in [1.29, 1.82) is 5.26 Å². The summed E-state index contributed by atoms with van der Waals surface area (Å²) in [6.07, 6.45) is 2.07. The Kier molecular flexibility index (Phi) is 3.03. The number of aromatic nitrogens is 1. The Balaban J connectivity index is 3.08. The molecule has 0 atom stereocenters. The van der Waals surface area contributed by atoms with Gasteiger partial charge < -0.3 is 0 Å². The minimum Gasteiger partial charge on any atom is -0.248 e. The molecule has 0 aromatic carbocycles. The van der Waals surface area contributed by atoms with Gasteiger partial charge in [-0.05, 0) is 43.5 Å². The summed E-state index contributed by atoms with van der Waals surface area (Å²) in [5, 5.41) is 8.43. The Bertz CT molecular complexity index is 304. The molecule has 1 heterocycles. The van der Waals surface area contributed by atoms with E-state index in [9.17, 15) is 0 Å². The lowest BCUT2D eigenvalue weighted by molar-refractivity contribution is 1.16. The molecule has 56 valence electrons. The Labute approximate surface area is 81.5 Å². The number of pyridine rings is 1. The molecule has 1 rings (SSSR count). The highest BCUT2D eigenvalue weighted by Gasteiger charge is 2.02. The zero-order valence-electron chi connectivity index (χ0n) is 5.51. The molecule has 0 amide bonds. The normalized spacial score (nSPS) is 9.18. The van der Waals surface area contributed by atoms with Gasteiger partial charge >= 0.3 is 0 Å². The molecule has 0 bridgehead atoms. The van der Waals surface area contributed by atoms with Crippen LogP contribution in [0.4, 0.5) is 0 Å². The van der Waals surface area contributed by atoms with Gasteiger partial charge in [0.15, 0.2) is 0 Å². The van der Waals surface area contributed by atoms with Crippen LogP contribution in [0, 0.1) is 11.3 Å². The number of halogens is 2. The number of hydrogen-bond donors (Lipinski definition) is 0. The first-order valence-corrected chi connectivity index (χ1v) is 4.50. The summed E-state index contributed by atoms with van der Waals surface area (Å²) in [6, 6.07) is 3.89. The van der Waals surface area contributed by atoms with Gasteiger partial charge in [-0.25, -0.2) is 4.98 Å². The van der Waals surface area contributed by atoms with Crippen LogP contribution in [0.15, 0.2) is 21.3 Å². The Morgan fingerprint density at radius 1 is 1.55 bits per heavy atom. The van der Waals surface area contributed by atoms with Gasteiger partial charge in [0.05, 0.1) is 17.0 Å². The molecule has 0 N–H and O–H groups in total. The van der Waals surface area contributed by atoms with Crippen LogP contribution in [0.25, 0.3) is 0 Å². The molecule has 0 aliphatic rings. The quantitative estimate of drug-likeness (QED) is 0.739. The molecule has 1 aromatic rings. The van der Waals surface area contributed by atoms with E-state index in [0.29, 0.717) is 6.42 Å². The second-order valence-electron chi connectivity index (χ2n) is 1.91. The fourth-order valence-corrected chi connectivity index (χ4v) is 1.42. The highest BCUT2D eigenvalue weighted by atomic mass is 79.9. The number of rotatable bonds is 1. The summed E-state index contributed by atoms with van der Waals surface area (Å²) in [6.45, 7) is 0. The molecular weight excluding hydrogens is 272 g/mol. The molecular formula is C7H4Br2N2. The molecule has 2 nitrogen and oxygen atoms in total. The van der Waals surface area contributed by atoms with E-state index in [2.05, 4.69) is 42.9 Å². The van der Waals surface area contributed by atoms with E-state index in [1.807, 2.05) is 6.07 Å². The molecule has 0 unspecified atom stereocenters. The van der Waals surface area contributed by atoms with Gasteiger partial charge in [-0.3, -0.25) is 0 Å². The summed E-state index contributed by atoms with van der Waals surface area (Å²) >= 11 is 6.57. The molecule has 4 heteroatoms. The van der Waals surface area contributed by atoms with Crippen molar-refractivity contribution in [3.63, 3.8) is 0 Å². The SMILES string of the molecule is N#CCc1ccnc(Br)c1Br. The first kappa shape index (κ1) is 8.69. The maximum atomic E-state index is 8.43. The summed E-state index contributed by atoms with van der Waals surface area (Å²) < 4.78 is 1.60. The predicted molar refractivity (Wildman–Crippen MR) is 49.0 cm³/mol. The van der Waals surface area contributed by atoms with Crippen molar-refractivity contribution in [1.82, 2.24) is 4.98 Å². The van der Waals surface area contributed by atoms with Gasteiger partial charge in [0.1, 0.15) is 4.60 Å². The third-order valence-corrected chi connectivity index (χ3v) is 3.21. The van der Waals surface area contributed by atoms with Gasteiger partial charge in [0, 0.05) is 6.20 Å². The van der Waals surface area contributed by atoms with Gasteiger partial charge in [0.25, 0.3) is 0 Å². The van der Waals surface area contributed by atoms with Crippen LogP contribution in [0.3, 0.4) is 0 Å². The van der Waals surface area contributed by atoms with E-state index in [0.717, 1.165) is 14.6 Å². The van der Waals surface area contributed by atoms with Crippen LogP contribution >= 0.6 is 31.9 Å². The fourth-order valence-electron chi connectivity index (χ4n) is 0.677. The lowest BCUT2D eigenvalue weighted by Crippen LogP contribution is -1.86. The van der Waals surface area contributed by atoms with E-state index in [4.69, 9.17) is 5.26 Å². The van der Waals surface area contributed by atoms with E-state index >= 15 is 0 Å². The van der Waals surface area contributed by atoms with Crippen molar-refractivity contribution < 1.29 is 0 Å². The molecule has 0 aliphatic heterocycles. The summed E-state index contributed by atoms with van der Waals surface area (Å²) in [5.41, 5.74) is 0.953. The maximum absolute atomic E-state index is 8.43. The fraction of sp³-hybridized carbons (Fsp3) is 0.143. The van der Waals surface area contributed by atoms with Crippen molar-refractivity contribution in [2.45, 2.75) is 6.42 Å². The van der Waals surface area contributed by atoms with Gasteiger partial charge in [-0.2, -0.15) is 5.26 Å². The lowest BCUT2D eigenvalue weighted by Gasteiger charge is -1.99. The minimum absolute atomic E-state index is 0.404. The van der Waals surface area contributed by atoms with Crippen molar-refractivity contribution in [2.24, 2.45) is 0 Å². The van der Waals surface area contributed by atoms with E-state index in [1.54, 1.807) is 6.20 Å². The van der Waals surface area contributed by atoms with Gasteiger partial charge in [0.2, 0.25) is 0 Å². The molecule has 0 spiro atoms. The molecule has 11 heavy (non-hydrogen) atoms. The van der Waals surface area contributed by atoms with Gasteiger partial charge in [-0.15, -0.1) is 0 Å². The smallest absolute Gasteiger partial charge is 0.120 e. The zero-order chi connectivity index (χ0) is 8.27. The van der Waals surface area contributed by atoms with Crippen LogP contribution in [-0.2, 0) is 6.42 Å². The van der Waals surface area contributed by atoms with Crippen molar-refractivity contribution in [2.75, 3.05) is 0 Å². The minimum atomic E-state index is 0.404. The van der Waals surface area contributed by atoms with E-state index in [1.165, 1.54) is 0 Å². The van der Waals surface area contributed by atoms with E-state index in [-0.39, 0.29) is 0 Å². The standard InChI is InChI=1S/C7H4Br2N2/c8-6-5(1-3-10)2-4-11-7(6)9/h2,4H,1H2. The topological polar surface area (TPSA) is 36.7 Å². The molecule has 1 aromatic heterocycles. The second kappa shape index (κ2) is 3.84. The first-order valence-electron chi connectivity index (χ1n) is 2.91. The van der Waals surface area contributed by atoms with Crippen molar-refractivity contribution in [3.05, 3.63) is 26.9 Å². The number of nitriles is 1. The molecule has 0 aliphatic carbocycles. The molecule has 0 radical (unpaired) electrons. The maximum Gasteiger partial charge on any atom is 0.120 e. The largest absolute Gasteiger partial charge is 0.248 e. The average Bonchev–Trinajstić information content (AvgIpc) is 1.99. The van der Waals surface area contributed by atoms with Crippen LogP contribution in [0.1, 0.15) is 5.56 Å². The Morgan fingerprint density at radius 2 is 2.27 bits per heavy atom. The Morgan fingerprint density at radius 3 is 2.91 bits per heavy atom. The number of hydrogen-bond acceptors (Lipinski definition) is 2. The average molecular weight is 276 g/mol. The molecule has 0 saturated carbocycles. The van der Waals surface area contributed by atoms with Crippen molar-refractivity contribution in [3.8, 4) is 6.07 Å².